The number of nitrogens with one attached hydrogen (secondary N) is 1. The van der Waals surface area contributed by atoms with Gasteiger partial charge in [-0.3, -0.25) is 5.32 Å². The minimum absolute atomic E-state index is 0.0404. The Morgan fingerprint density at radius 3 is 2.63 bits per heavy atom. The fourth-order valence-corrected chi connectivity index (χ4v) is 6.14. The summed E-state index contributed by atoms with van der Waals surface area (Å²) in [5.74, 6) is 1.86. The Morgan fingerprint density at radius 1 is 1.16 bits per heavy atom. The van der Waals surface area contributed by atoms with Gasteiger partial charge in [0.25, 0.3) is 0 Å². The lowest BCUT2D eigenvalue weighted by molar-refractivity contribution is 0.0218. The highest BCUT2D eigenvalue weighted by Gasteiger charge is 2.34. The Hall–Kier alpha value is -2.90. The number of likely N-dealkylation sites (tertiary alicyclic amines) is 1. The zero-order valence-corrected chi connectivity index (χ0v) is 23.6. The Labute approximate surface area is 226 Å². The Morgan fingerprint density at radius 2 is 1.92 bits per heavy atom. The van der Waals surface area contributed by atoms with Gasteiger partial charge in [-0.25, -0.2) is 9.78 Å². The molecule has 5 rings (SSSR count). The molecular weight excluding hydrogens is 476 g/mol. The quantitative estimate of drug-likeness (QED) is 0.444. The molecule has 1 aliphatic heterocycles. The number of β-amino-alcohol motifs (C(OH)–C–C–N with tert-alkyl or cyclic N) is 1. The lowest BCUT2D eigenvalue weighted by atomic mass is 9.98. The fraction of sp³-hybridized carbons (Fsp3) is 0.548. The largest absolute Gasteiger partial charge is 0.444 e. The van der Waals surface area contributed by atoms with Crippen LogP contribution in [0.3, 0.4) is 0 Å². The summed E-state index contributed by atoms with van der Waals surface area (Å²) in [5, 5.41) is 14.2. The summed E-state index contributed by atoms with van der Waals surface area (Å²) >= 11 is 0. The van der Waals surface area contributed by atoms with Crippen molar-refractivity contribution in [3.05, 3.63) is 58.9 Å². The van der Waals surface area contributed by atoms with Crippen molar-refractivity contribution in [1.82, 2.24) is 14.5 Å². The number of carbonyl (C=O) groups is 1. The summed E-state index contributed by atoms with van der Waals surface area (Å²) < 4.78 is 7.70. The van der Waals surface area contributed by atoms with Crippen LogP contribution < -0.4 is 5.32 Å². The van der Waals surface area contributed by atoms with Gasteiger partial charge in [0.15, 0.2) is 0 Å². The average Bonchev–Trinajstić information content (AvgIpc) is 3.38. The SMILES string of the molecule is Cc1ccc2c(c1)nc(C(C)C)n2[C@@H]1CCN(C[C@H]2Cc3ccc(NC(=O)OC(C)(C)C)cc3C2)C[C@H]1O. The Kier molecular flexibility index (Phi) is 7.27. The van der Waals surface area contributed by atoms with Crippen LogP contribution in [-0.4, -0.2) is 57.0 Å². The van der Waals surface area contributed by atoms with Crippen LogP contribution in [0.1, 0.15) is 75.5 Å². The predicted molar refractivity (Wildman–Crippen MR) is 152 cm³/mol. The second-order valence-electron chi connectivity index (χ2n) is 12.6. The molecule has 0 spiro atoms. The molecule has 2 aliphatic rings. The molecule has 0 bridgehead atoms. The molecule has 1 fully saturated rings. The molecule has 2 aromatic carbocycles. The van der Waals surface area contributed by atoms with Crippen LogP contribution in [0.2, 0.25) is 0 Å². The van der Waals surface area contributed by atoms with E-state index in [0.29, 0.717) is 18.4 Å². The monoisotopic (exact) mass is 518 g/mol. The molecule has 0 saturated carbocycles. The predicted octanol–water partition coefficient (Wildman–Crippen LogP) is 5.84. The van der Waals surface area contributed by atoms with E-state index in [1.807, 2.05) is 26.8 Å². The van der Waals surface area contributed by atoms with Gasteiger partial charge in [0.2, 0.25) is 0 Å². The molecule has 1 aliphatic carbocycles. The van der Waals surface area contributed by atoms with Gasteiger partial charge < -0.3 is 19.3 Å². The van der Waals surface area contributed by atoms with Crippen LogP contribution >= 0.6 is 0 Å². The number of aryl methyl sites for hydroxylation is 1. The molecule has 7 nitrogen and oxygen atoms in total. The van der Waals surface area contributed by atoms with Gasteiger partial charge >= 0.3 is 6.09 Å². The number of aromatic nitrogens is 2. The zero-order chi connectivity index (χ0) is 27.2. The lowest BCUT2D eigenvalue weighted by Crippen LogP contribution is -2.46. The van der Waals surface area contributed by atoms with Crippen molar-refractivity contribution in [2.24, 2.45) is 5.92 Å². The second-order valence-corrected chi connectivity index (χ2v) is 12.6. The number of ether oxygens (including phenoxy) is 1. The highest BCUT2D eigenvalue weighted by molar-refractivity contribution is 5.85. The fourth-order valence-electron chi connectivity index (χ4n) is 6.14. The minimum atomic E-state index is -0.524. The lowest BCUT2D eigenvalue weighted by Gasteiger charge is -2.38. The van der Waals surface area contributed by atoms with Crippen LogP contribution in [0.4, 0.5) is 10.5 Å². The number of benzene rings is 2. The number of carbonyl (C=O) groups excluding carboxylic acids is 1. The van der Waals surface area contributed by atoms with Crippen molar-refractivity contribution in [1.29, 1.82) is 0 Å². The Balaban J connectivity index is 1.22. The van der Waals surface area contributed by atoms with Crippen LogP contribution in [0, 0.1) is 12.8 Å². The van der Waals surface area contributed by atoms with Gasteiger partial charge in [-0.05, 0) is 93.8 Å². The van der Waals surface area contributed by atoms with Crippen molar-refractivity contribution in [2.45, 2.75) is 84.5 Å². The molecular formula is C31H42N4O3. The summed E-state index contributed by atoms with van der Waals surface area (Å²) in [6.45, 7) is 14.6. The number of aliphatic hydroxyl groups excluding tert-OH is 1. The molecule has 1 amide bonds. The van der Waals surface area contributed by atoms with Crippen LogP contribution in [0.5, 0.6) is 0 Å². The topological polar surface area (TPSA) is 79.6 Å². The van der Waals surface area contributed by atoms with E-state index in [0.717, 1.165) is 54.9 Å². The highest BCUT2D eigenvalue weighted by Crippen LogP contribution is 2.34. The number of amides is 1. The third-order valence-corrected chi connectivity index (χ3v) is 7.74. The summed E-state index contributed by atoms with van der Waals surface area (Å²) in [5.41, 5.74) is 6.25. The van der Waals surface area contributed by atoms with Gasteiger partial charge in [0.1, 0.15) is 11.4 Å². The van der Waals surface area contributed by atoms with E-state index in [4.69, 9.17) is 9.72 Å². The molecule has 1 saturated heterocycles. The number of piperidine rings is 1. The van der Waals surface area contributed by atoms with E-state index in [-0.39, 0.29) is 6.04 Å². The number of fused-ring (bicyclic) bond motifs is 2. The summed E-state index contributed by atoms with van der Waals surface area (Å²) in [6.07, 6.45) is 2.06. The van der Waals surface area contributed by atoms with Crippen molar-refractivity contribution in [3.63, 3.8) is 0 Å². The van der Waals surface area contributed by atoms with Crippen molar-refractivity contribution >= 4 is 22.8 Å². The van der Waals surface area contributed by atoms with Gasteiger partial charge in [0.05, 0.1) is 23.2 Å². The van der Waals surface area contributed by atoms with E-state index >= 15 is 0 Å². The number of anilines is 1. The van der Waals surface area contributed by atoms with E-state index in [1.54, 1.807) is 0 Å². The zero-order valence-electron chi connectivity index (χ0n) is 23.6. The van der Waals surface area contributed by atoms with Crippen molar-refractivity contribution < 1.29 is 14.6 Å². The van der Waals surface area contributed by atoms with Crippen LogP contribution in [0.15, 0.2) is 36.4 Å². The van der Waals surface area contributed by atoms with Crippen molar-refractivity contribution in [2.75, 3.05) is 25.0 Å². The molecule has 2 heterocycles. The normalized spacial score (nSPS) is 22.2. The molecule has 0 unspecified atom stereocenters. The van der Waals surface area contributed by atoms with Crippen LogP contribution in [-0.2, 0) is 17.6 Å². The molecule has 7 heteroatoms. The number of imidazole rings is 1. The molecule has 3 atom stereocenters. The minimum Gasteiger partial charge on any atom is -0.444 e. The molecule has 2 N–H and O–H groups in total. The van der Waals surface area contributed by atoms with E-state index in [1.165, 1.54) is 16.7 Å². The first kappa shape index (κ1) is 26.7. The first-order chi connectivity index (χ1) is 18.0. The molecule has 3 aromatic rings. The second kappa shape index (κ2) is 10.3. The third kappa shape index (κ3) is 5.74. The van der Waals surface area contributed by atoms with E-state index in [2.05, 4.69) is 65.9 Å². The summed E-state index contributed by atoms with van der Waals surface area (Å²) in [7, 11) is 0. The van der Waals surface area contributed by atoms with Crippen LogP contribution in [0.25, 0.3) is 11.0 Å². The van der Waals surface area contributed by atoms with Gasteiger partial charge in [-0.1, -0.05) is 26.0 Å². The standard InChI is InChI=1S/C31H42N4O3/c1-19(2)29-33-25-13-20(3)7-10-26(25)35(29)27-11-12-34(18-28(27)36)17-21-14-22-8-9-24(16-23(22)15-21)32-30(37)38-31(4,5)6/h7-10,13,16,19,21,27-28,36H,11-12,14-15,17-18H2,1-6H3,(H,32,37)/t21-,27+,28+/m0/s1. The van der Waals surface area contributed by atoms with E-state index in [9.17, 15) is 9.90 Å². The average molecular weight is 519 g/mol. The molecule has 204 valence electrons. The van der Waals surface area contributed by atoms with Crippen molar-refractivity contribution in [3.8, 4) is 0 Å². The maximum Gasteiger partial charge on any atom is 0.412 e. The Bertz CT molecular complexity index is 1320. The number of aliphatic hydroxyl groups is 1. The molecule has 1 aromatic heterocycles. The summed E-state index contributed by atoms with van der Waals surface area (Å²) in [6, 6.07) is 12.7. The van der Waals surface area contributed by atoms with E-state index < -0.39 is 17.8 Å². The smallest absolute Gasteiger partial charge is 0.412 e. The maximum absolute atomic E-state index is 12.2. The van der Waals surface area contributed by atoms with Gasteiger partial charge in [0, 0.05) is 31.2 Å². The first-order valence-corrected chi connectivity index (χ1v) is 14.0. The molecule has 0 radical (unpaired) electrons. The van der Waals surface area contributed by atoms with Gasteiger partial charge in [-0.15, -0.1) is 0 Å². The molecule has 38 heavy (non-hydrogen) atoms. The third-order valence-electron chi connectivity index (χ3n) is 7.74. The number of hydrogen-bond donors (Lipinski definition) is 2. The summed E-state index contributed by atoms with van der Waals surface area (Å²) in [4.78, 5) is 19.6. The highest BCUT2D eigenvalue weighted by atomic mass is 16.6. The number of hydrogen-bond acceptors (Lipinski definition) is 5. The first-order valence-electron chi connectivity index (χ1n) is 14.0. The maximum atomic E-state index is 12.2. The number of rotatable bonds is 5. The van der Waals surface area contributed by atoms with Gasteiger partial charge in [-0.2, -0.15) is 0 Å². The number of nitrogens with zero attached hydrogens (tertiary/aromatic N) is 3.